The normalized spacial score (nSPS) is 22.2. The van der Waals surface area contributed by atoms with Gasteiger partial charge in [-0.1, -0.05) is 13.8 Å². The van der Waals surface area contributed by atoms with Crippen molar-refractivity contribution in [3.8, 4) is 0 Å². The first-order valence-electron chi connectivity index (χ1n) is 7.40. The van der Waals surface area contributed by atoms with E-state index in [1.165, 1.54) is 6.26 Å². The van der Waals surface area contributed by atoms with Gasteiger partial charge in [-0.3, -0.25) is 4.79 Å². The number of hydrogen-bond donors (Lipinski definition) is 1. The zero-order valence-corrected chi connectivity index (χ0v) is 13.9. The van der Waals surface area contributed by atoms with E-state index in [4.69, 9.17) is 4.42 Å². The molecule has 0 aromatic carbocycles. The number of carbonyl (C=O) groups excluding carboxylic acids is 1. The second-order valence-electron chi connectivity index (χ2n) is 6.09. The van der Waals surface area contributed by atoms with Gasteiger partial charge in [-0.05, 0) is 24.0 Å². The van der Waals surface area contributed by atoms with E-state index in [2.05, 4.69) is 5.32 Å². The molecule has 1 aromatic rings. The molecule has 0 unspecified atom stereocenters. The minimum atomic E-state index is -4.15. The molecule has 1 saturated heterocycles. The van der Waals surface area contributed by atoms with Crippen molar-refractivity contribution < 1.29 is 22.4 Å². The Hall–Kier alpha value is -1.21. The summed E-state index contributed by atoms with van der Waals surface area (Å²) in [5.74, 6) is 0.305. The number of furan rings is 1. The van der Waals surface area contributed by atoms with Gasteiger partial charge in [0, 0.05) is 25.7 Å². The predicted octanol–water partition coefficient (Wildman–Crippen LogP) is 3.34. The molecule has 2 rings (SSSR count). The van der Waals surface area contributed by atoms with E-state index >= 15 is 0 Å². The van der Waals surface area contributed by atoms with Crippen LogP contribution in [0.25, 0.3) is 0 Å². The Bertz CT molecular complexity index is 491. The third-order valence-electron chi connectivity index (χ3n) is 4.07. The maximum atomic E-state index is 12.3. The van der Waals surface area contributed by atoms with Gasteiger partial charge in [0.05, 0.1) is 12.7 Å². The first-order valence-corrected chi connectivity index (χ1v) is 7.40. The molecule has 0 aliphatic carbocycles. The molecule has 4 nitrogen and oxygen atoms in total. The van der Waals surface area contributed by atoms with E-state index in [1.807, 2.05) is 13.8 Å². The van der Waals surface area contributed by atoms with Crippen molar-refractivity contribution in [1.29, 1.82) is 0 Å². The van der Waals surface area contributed by atoms with Gasteiger partial charge in [-0.25, -0.2) is 0 Å². The van der Waals surface area contributed by atoms with Crippen molar-refractivity contribution in [2.75, 3.05) is 19.6 Å². The number of carbonyl (C=O) groups is 1. The van der Waals surface area contributed by atoms with E-state index < -0.39 is 12.6 Å². The Morgan fingerprint density at radius 3 is 2.65 bits per heavy atom. The maximum absolute atomic E-state index is 12.3. The van der Waals surface area contributed by atoms with Gasteiger partial charge in [-0.2, -0.15) is 13.2 Å². The van der Waals surface area contributed by atoms with Gasteiger partial charge < -0.3 is 14.6 Å². The standard InChI is InChI=1S/C15H21F3N2O2.ClH/c1-10(2)11-8-20(6-5-15(16,17)18)9-12(11)19-14(21)13-4-3-7-22-13;/h3-4,7,10-12H,5-6,8-9H2,1-2H3,(H,19,21);1H/t11-,12+;/m1./s1. The lowest BCUT2D eigenvalue weighted by Gasteiger charge is -2.22. The van der Waals surface area contributed by atoms with Crippen molar-refractivity contribution in [1.82, 2.24) is 10.2 Å². The van der Waals surface area contributed by atoms with Crippen LogP contribution in [0.4, 0.5) is 13.2 Å². The van der Waals surface area contributed by atoms with Crippen LogP contribution in [0.5, 0.6) is 0 Å². The van der Waals surface area contributed by atoms with Crippen molar-refractivity contribution >= 4 is 18.3 Å². The summed E-state index contributed by atoms with van der Waals surface area (Å²) in [5.41, 5.74) is 0. The molecule has 1 aromatic heterocycles. The van der Waals surface area contributed by atoms with Gasteiger partial charge in [0.25, 0.3) is 5.91 Å². The molecule has 0 radical (unpaired) electrons. The summed E-state index contributed by atoms with van der Waals surface area (Å²) in [6.45, 7) is 5.01. The highest BCUT2D eigenvalue weighted by atomic mass is 35.5. The second-order valence-corrected chi connectivity index (χ2v) is 6.09. The second kappa shape index (κ2) is 8.06. The first kappa shape index (κ1) is 19.8. The lowest BCUT2D eigenvalue weighted by atomic mass is 9.91. The lowest BCUT2D eigenvalue weighted by molar-refractivity contribution is -0.137. The van der Waals surface area contributed by atoms with Crippen LogP contribution in [-0.2, 0) is 0 Å². The summed E-state index contributed by atoms with van der Waals surface area (Å²) in [6.07, 6.45) is -3.56. The zero-order chi connectivity index (χ0) is 16.3. The van der Waals surface area contributed by atoms with Gasteiger partial charge in [0.15, 0.2) is 5.76 Å². The molecule has 23 heavy (non-hydrogen) atoms. The number of hydrogen-bond acceptors (Lipinski definition) is 3. The largest absolute Gasteiger partial charge is 0.459 e. The highest BCUT2D eigenvalue weighted by Gasteiger charge is 2.37. The number of alkyl halides is 3. The van der Waals surface area contributed by atoms with Gasteiger partial charge in [0.2, 0.25) is 0 Å². The summed E-state index contributed by atoms with van der Waals surface area (Å²) in [6, 6.07) is 3.03. The van der Waals surface area contributed by atoms with Crippen LogP contribution in [0.2, 0.25) is 0 Å². The van der Waals surface area contributed by atoms with Crippen LogP contribution in [0, 0.1) is 11.8 Å². The van der Waals surface area contributed by atoms with Crippen LogP contribution in [0.1, 0.15) is 30.8 Å². The highest BCUT2D eigenvalue weighted by Crippen LogP contribution is 2.27. The molecular weight excluding hydrogens is 333 g/mol. The Labute approximate surface area is 139 Å². The molecule has 132 valence electrons. The molecule has 1 N–H and O–H groups in total. The Morgan fingerprint density at radius 2 is 2.13 bits per heavy atom. The first-order chi connectivity index (χ1) is 10.3. The fourth-order valence-electron chi connectivity index (χ4n) is 2.86. The Balaban J connectivity index is 0.00000264. The Kier molecular flexibility index (Phi) is 6.95. The quantitative estimate of drug-likeness (QED) is 0.882. The summed E-state index contributed by atoms with van der Waals surface area (Å²) in [7, 11) is 0. The zero-order valence-electron chi connectivity index (χ0n) is 13.1. The monoisotopic (exact) mass is 354 g/mol. The molecule has 1 amide bonds. The van der Waals surface area contributed by atoms with Crippen LogP contribution >= 0.6 is 12.4 Å². The van der Waals surface area contributed by atoms with Gasteiger partial charge >= 0.3 is 6.18 Å². The molecule has 2 heterocycles. The van der Waals surface area contributed by atoms with E-state index in [0.29, 0.717) is 13.1 Å². The molecule has 1 fully saturated rings. The molecule has 8 heteroatoms. The van der Waals surface area contributed by atoms with E-state index in [9.17, 15) is 18.0 Å². The van der Waals surface area contributed by atoms with Crippen LogP contribution in [-0.4, -0.2) is 42.7 Å². The number of nitrogens with one attached hydrogen (secondary N) is 1. The van der Waals surface area contributed by atoms with Crippen molar-refractivity contribution in [3.63, 3.8) is 0 Å². The van der Waals surface area contributed by atoms with Crippen LogP contribution in [0.15, 0.2) is 22.8 Å². The number of likely N-dealkylation sites (tertiary alicyclic amines) is 1. The highest BCUT2D eigenvalue weighted by molar-refractivity contribution is 5.91. The molecule has 1 aliphatic heterocycles. The molecule has 1 aliphatic rings. The van der Waals surface area contributed by atoms with E-state index in [1.54, 1.807) is 17.0 Å². The van der Waals surface area contributed by atoms with Crippen molar-refractivity contribution in [2.45, 2.75) is 32.5 Å². The Morgan fingerprint density at radius 1 is 1.43 bits per heavy atom. The summed E-state index contributed by atoms with van der Waals surface area (Å²) >= 11 is 0. The number of nitrogens with zero attached hydrogens (tertiary/aromatic N) is 1. The molecular formula is C15H22ClF3N2O2. The molecule has 2 atom stereocenters. The third-order valence-corrected chi connectivity index (χ3v) is 4.07. The minimum Gasteiger partial charge on any atom is -0.459 e. The molecule has 0 spiro atoms. The van der Waals surface area contributed by atoms with Crippen LogP contribution in [0.3, 0.4) is 0 Å². The third kappa shape index (κ3) is 5.73. The average molecular weight is 355 g/mol. The fourth-order valence-corrected chi connectivity index (χ4v) is 2.86. The van der Waals surface area contributed by atoms with E-state index in [0.717, 1.165) is 0 Å². The molecule has 0 saturated carbocycles. The SMILES string of the molecule is CC(C)[C@H]1CN(CCC(F)(F)F)C[C@@H]1NC(=O)c1ccco1.Cl. The maximum Gasteiger partial charge on any atom is 0.390 e. The van der Waals surface area contributed by atoms with Gasteiger partial charge in [0.1, 0.15) is 0 Å². The number of amides is 1. The minimum absolute atomic E-state index is 0. The average Bonchev–Trinajstić information content (AvgIpc) is 3.04. The smallest absolute Gasteiger partial charge is 0.390 e. The topological polar surface area (TPSA) is 45.5 Å². The number of rotatable bonds is 5. The lowest BCUT2D eigenvalue weighted by Crippen LogP contribution is -2.42. The van der Waals surface area contributed by atoms with Crippen LogP contribution < -0.4 is 5.32 Å². The molecule has 0 bridgehead atoms. The van der Waals surface area contributed by atoms with Crippen molar-refractivity contribution in [2.24, 2.45) is 11.8 Å². The van der Waals surface area contributed by atoms with E-state index in [-0.39, 0.29) is 48.5 Å². The summed E-state index contributed by atoms with van der Waals surface area (Å²) < 4.78 is 42.1. The predicted molar refractivity (Wildman–Crippen MR) is 82.7 cm³/mol. The summed E-state index contributed by atoms with van der Waals surface area (Å²) in [4.78, 5) is 13.8. The fraction of sp³-hybridized carbons (Fsp3) is 0.667. The number of halogens is 4. The van der Waals surface area contributed by atoms with Gasteiger partial charge in [-0.15, -0.1) is 12.4 Å². The van der Waals surface area contributed by atoms with Crippen molar-refractivity contribution in [3.05, 3.63) is 24.2 Å². The summed E-state index contributed by atoms with van der Waals surface area (Å²) in [5, 5.41) is 2.88.